The average Bonchev–Trinajstić information content (AvgIpc) is 2.87. The minimum absolute atomic E-state index is 0.187. The van der Waals surface area contributed by atoms with Crippen molar-refractivity contribution in [1.29, 1.82) is 0 Å². The molecular weight excluding hydrogens is 494 g/mol. The molecule has 0 aliphatic carbocycles. The van der Waals surface area contributed by atoms with Crippen LogP contribution in [0.4, 0.5) is 10.5 Å². The van der Waals surface area contributed by atoms with E-state index in [0.717, 1.165) is 16.7 Å². The smallest absolute Gasteiger partial charge is 0.408 e. The van der Waals surface area contributed by atoms with E-state index in [1.54, 1.807) is 57.0 Å². The predicted molar refractivity (Wildman–Crippen MR) is 155 cm³/mol. The van der Waals surface area contributed by atoms with E-state index in [1.165, 1.54) is 0 Å². The molecule has 2 aromatic carbocycles. The molecule has 8 heteroatoms. The number of ether oxygens (including phenoxy) is 2. The van der Waals surface area contributed by atoms with Gasteiger partial charge in [0.25, 0.3) is 5.91 Å². The molecule has 8 nitrogen and oxygen atoms in total. The standard InChI is InChI=1S/C31H45N3O5/c1-10-18-34(29(36)26(21(4)11-2)33-30(37)39-31(6,7)8)27(25-19-20(3)12-13-22(25)5)28(35)32-23-14-16-24(38-9)17-15-23/h12-17,19,21,26-27H,10-11,18H2,1-9H3,(H,32,35)(H,33,37). The van der Waals surface area contributed by atoms with E-state index in [-0.39, 0.29) is 17.7 Å². The van der Waals surface area contributed by atoms with Gasteiger partial charge in [-0.25, -0.2) is 4.79 Å². The van der Waals surface area contributed by atoms with Crippen LogP contribution in [0.25, 0.3) is 0 Å². The molecule has 0 aliphatic rings. The number of benzene rings is 2. The highest BCUT2D eigenvalue weighted by Gasteiger charge is 2.38. The zero-order valence-corrected chi connectivity index (χ0v) is 24.9. The fourth-order valence-corrected chi connectivity index (χ4v) is 4.29. The van der Waals surface area contributed by atoms with Crippen LogP contribution in [-0.4, -0.2) is 48.1 Å². The van der Waals surface area contributed by atoms with Crippen molar-refractivity contribution in [3.05, 3.63) is 59.2 Å². The number of rotatable bonds is 11. The van der Waals surface area contributed by atoms with Crippen LogP contribution in [-0.2, 0) is 14.3 Å². The van der Waals surface area contributed by atoms with E-state index in [4.69, 9.17) is 9.47 Å². The molecule has 3 amide bonds. The lowest BCUT2D eigenvalue weighted by Crippen LogP contribution is -2.55. The minimum Gasteiger partial charge on any atom is -0.497 e. The van der Waals surface area contributed by atoms with Gasteiger partial charge in [0.1, 0.15) is 23.4 Å². The summed E-state index contributed by atoms with van der Waals surface area (Å²) in [6.45, 7) is 15.4. The largest absolute Gasteiger partial charge is 0.497 e. The summed E-state index contributed by atoms with van der Waals surface area (Å²) in [5.41, 5.74) is 2.49. The van der Waals surface area contributed by atoms with Crippen molar-refractivity contribution in [1.82, 2.24) is 10.2 Å². The number of hydrogen-bond donors (Lipinski definition) is 2. The fourth-order valence-electron chi connectivity index (χ4n) is 4.29. The van der Waals surface area contributed by atoms with E-state index in [0.29, 0.717) is 30.8 Å². The van der Waals surface area contributed by atoms with Crippen molar-refractivity contribution in [2.24, 2.45) is 5.92 Å². The van der Waals surface area contributed by atoms with Crippen LogP contribution in [0.2, 0.25) is 0 Å². The van der Waals surface area contributed by atoms with Crippen LogP contribution in [0.3, 0.4) is 0 Å². The number of amides is 3. The Balaban J connectivity index is 2.56. The van der Waals surface area contributed by atoms with Gasteiger partial charge in [-0.2, -0.15) is 0 Å². The maximum atomic E-state index is 14.2. The highest BCUT2D eigenvalue weighted by molar-refractivity contribution is 5.99. The molecule has 0 radical (unpaired) electrons. The van der Waals surface area contributed by atoms with Gasteiger partial charge in [0, 0.05) is 12.2 Å². The topological polar surface area (TPSA) is 97.0 Å². The number of nitrogens with zero attached hydrogens (tertiary/aromatic N) is 1. The first kappa shape index (κ1) is 31.7. The third-order valence-electron chi connectivity index (χ3n) is 6.55. The van der Waals surface area contributed by atoms with Gasteiger partial charge in [-0.05, 0) is 82.3 Å². The van der Waals surface area contributed by atoms with E-state index in [2.05, 4.69) is 10.6 Å². The van der Waals surface area contributed by atoms with Gasteiger partial charge in [0.05, 0.1) is 7.11 Å². The summed E-state index contributed by atoms with van der Waals surface area (Å²) in [4.78, 5) is 42.6. The molecule has 3 atom stereocenters. The summed E-state index contributed by atoms with van der Waals surface area (Å²) < 4.78 is 10.7. The quantitative estimate of drug-likeness (QED) is 0.356. The maximum Gasteiger partial charge on any atom is 0.408 e. The van der Waals surface area contributed by atoms with E-state index in [1.807, 2.05) is 52.8 Å². The maximum absolute atomic E-state index is 14.2. The minimum atomic E-state index is -0.911. The van der Waals surface area contributed by atoms with Gasteiger partial charge in [0.2, 0.25) is 5.91 Å². The number of nitrogens with one attached hydrogen (secondary N) is 2. The third-order valence-corrected chi connectivity index (χ3v) is 6.55. The number of carbonyl (C=O) groups is 3. The Morgan fingerprint density at radius 3 is 2.18 bits per heavy atom. The van der Waals surface area contributed by atoms with Gasteiger partial charge in [-0.15, -0.1) is 0 Å². The summed E-state index contributed by atoms with van der Waals surface area (Å²) in [5, 5.41) is 5.78. The Morgan fingerprint density at radius 2 is 1.64 bits per heavy atom. The second kappa shape index (κ2) is 14.0. The van der Waals surface area contributed by atoms with Crippen LogP contribution in [0.5, 0.6) is 5.75 Å². The monoisotopic (exact) mass is 539 g/mol. The SMILES string of the molecule is CCCN(C(=O)C(NC(=O)OC(C)(C)C)C(C)CC)C(C(=O)Nc1ccc(OC)cc1)c1cc(C)ccc1C. The van der Waals surface area contributed by atoms with Crippen LogP contribution in [0.15, 0.2) is 42.5 Å². The fraction of sp³-hybridized carbons (Fsp3) is 0.516. The van der Waals surface area contributed by atoms with E-state index >= 15 is 0 Å². The Morgan fingerprint density at radius 1 is 1.00 bits per heavy atom. The Labute approximate surface area is 233 Å². The lowest BCUT2D eigenvalue weighted by molar-refractivity contribution is -0.142. The van der Waals surface area contributed by atoms with Crippen molar-refractivity contribution >= 4 is 23.6 Å². The first-order chi connectivity index (χ1) is 18.3. The molecule has 2 aromatic rings. The number of aryl methyl sites for hydroxylation is 2. The molecule has 0 bridgehead atoms. The predicted octanol–water partition coefficient (Wildman–Crippen LogP) is 6.17. The van der Waals surface area contributed by atoms with Gasteiger partial charge >= 0.3 is 6.09 Å². The molecule has 0 saturated carbocycles. The Hall–Kier alpha value is -3.55. The van der Waals surface area contributed by atoms with Crippen LogP contribution < -0.4 is 15.4 Å². The molecule has 2 N–H and O–H groups in total. The molecule has 0 spiro atoms. The lowest BCUT2D eigenvalue weighted by atomic mass is 9.93. The zero-order chi connectivity index (χ0) is 29.3. The number of anilines is 1. The molecule has 0 saturated heterocycles. The van der Waals surface area contributed by atoms with E-state index < -0.39 is 23.8 Å². The summed E-state index contributed by atoms with van der Waals surface area (Å²) in [7, 11) is 1.58. The van der Waals surface area contributed by atoms with Gasteiger partial charge in [0.15, 0.2) is 0 Å². The number of hydrogen-bond acceptors (Lipinski definition) is 5. The summed E-state index contributed by atoms with van der Waals surface area (Å²) in [6.07, 6.45) is 0.615. The third kappa shape index (κ3) is 9.01. The molecule has 0 heterocycles. The van der Waals surface area contributed by atoms with Crippen molar-refractivity contribution < 1.29 is 23.9 Å². The molecule has 39 heavy (non-hydrogen) atoms. The first-order valence-corrected chi connectivity index (χ1v) is 13.6. The van der Waals surface area contributed by atoms with Gasteiger partial charge in [-0.1, -0.05) is 51.0 Å². The van der Waals surface area contributed by atoms with E-state index in [9.17, 15) is 14.4 Å². The summed E-state index contributed by atoms with van der Waals surface area (Å²) in [5.74, 6) is -0.177. The van der Waals surface area contributed by atoms with Crippen LogP contribution >= 0.6 is 0 Å². The summed E-state index contributed by atoms with van der Waals surface area (Å²) in [6, 6.07) is 11.2. The number of alkyl carbamates (subject to hydrolysis) is 1. The average molecular weight is 540 g/mol. The molecule has 2 rings (SSSR count). The van der Waals surface area contributed by atoms with Gasteiger partial charge in [-0.3, -0.25) is 9.59 Å². The Bertz CT molecular complexity index is 1120. The second-order valence-corrected chi connectivity index (χ2v) is 11.0. The highest BCUT2D eigenvalue weighted by atomic mass is 16.6. The molecule has 3 unspecified atom stereocenters. The van der Waals surface area contributed by atoms with Crippen molar-refractivity contribution in [2.45, 2.75) is 85.9 Å². The number of carbonyl (C=O) groups excluding carboxylic acids is 3. The Kier molecular flexibility index (Phi) is 11.4. The highest BCUT2D eigenvalue weighted by Crippen LogP contribution is 2.29. The molecule has 0 aliphatic heterocycles. The molecule has 0 aromatic heterocycles. The molecular formula is C31H45N3O5. The van der Waals surface area contributed by atoms with Crippen molar-refractivity contribution in [2.75, 3.05) is 19.0 Å². The van der Waals surface area contributed by atoms with Crippen LogP contribution in [0.1, 0.15) is 77.1 Å². The van der Waals surface area contributed by atoms with Crippen molar-refractivity contribution in [3.8, 4) is 5.75 Å². The number of methoxy groups -OCH3 is 1. The second-order valence-electron chi connectivity index (χ2n) is 11.0. The van der Waals surface area contributed by atoms with Gasteiger partial charge < -0.3 is 25.0 Å². The van der Waals surface area contributed by atoms with Crippen molar-refractivity contribution in [3.63, 3.8) is 0 Å². The molecule has 214 valence electrons. The summed E-state index contributed by atoms with van der Waals surface area (Å²) >= 11 is 0. The first-order valence-electron chi connectivity index (χ1n) is 13.6. The lowest BCUT2D eigenvalue weighted by Gasteiger charge is -2.36. The van der Waals surface area contributed by atoms with Crippen LogP contribution in [0, 0.1) is 19.8 Å². The molecule has 0 fully saturated rings. The normalized spacial score (nSPS) is 13.6. The zero-order valence-electron chi connectivity index (χ0n) is 24.9.